The van der Waals surface area contributed by atoms with Crippen molar-refractivity contribution in [1.82, 2.24) is 4.90 Å². The Morgan fingerprint density at radius 1 is 1.48 bits per heavy atom. The summed E-state index contributed by atoms with van der Waals surface area (Å²) in [6.45, 7) is 2.17. The van der Waals surface area contributed by atoms with Gasteiger partial charge in [-0.25, -0.2) is 8.78 Å². The Morgan fingerprint density at radius 3 is 3.00 bits per heavy atom. The number of nitrogens with zero attached hydrogens (tertiary/aromatic N) is 1. The summed E-state index contributed by atoms with van der Waals surface area (Å²) in [6, 6.07) is 7.51. The number of fused-ring (bicyclic) bond motifs is 1. The number of alkyl halides is 2. The van der Waals surface area contributed by atoms with Gasteiger partial charge in [0.2, 0.25) is 5.91 Å². The van der Waals surface area contributed by atoms with Gasteiger partial charge in [-0.15, -0.1) is 0 Å². The van der Waals surface area contributed by atoms with Crippen LogP contribution in [0, 0.1) is 0 Å². The fourth-order valence-electron chi connectivity index (χ4n) is 2.22. The quantitative estimate of drug-likeness (QED) is 0.784. The third-order valence-electron chi connectivity index (χ3n) is 3.35. The first kappa shape index (κ1) is 15.7. The second-order valence-corrected chi connectivity index (χ2v) is 5.01. The van der Waals surface area contributed by atoms with Crippen molar-refractivity contribution in [1.29, 1.82) is 0 Å². The van der Waals surface area contributed by atoms with Gasteiger partial charge in [-0.2, -0.15) is 0 Å². The molecular weight excluding hydrogens is 280 g/mol. The number of hydrogen-bond acceptors (Lipinski definition) is 3. The highest BCUT2D eigenvalue weighted by atomic mass is 19.3. The lowest BCUT2D eigenvalue weighted by Crippen LogP contribution is -2.40. The molecule has 0 aliphatic carbocycles. The van der Waals surface area contributed by atoms with Crippen molar-refractivity contribution in [3.8, 4) is 5.75 Å². The Balaban J connectivity index is 1.93. The maximum Gasteiger partial charge on any atom is 0.261 e. The number of rotatable bonds is 5. The molecule has 0 saturated carbocycles. The highest BCUT2D eigenvalue weighted by molar-refractivity contribution is 5.76. The van der Waals surface area contributed by atoms with Gasteiger partial charge in [0.25, 0.3) is 6.43 Å². The predicted molar refractivity (Wildman–Crippen MR) is 73.4 cm³/mol. The van der Waals surface area contributed by atoms with Crippen molar-refractivity contribution < 1.29 is 23.0 Å². The Hall–Kier alpha value is -1.69. The van der Waals surface area contributed by atoms with Crippen LogP contribution in [0.4, 0.5) is 8.78 Å². The average Bonchev–Trinajstić information content (AvgIpc) is 2.63. The van der Waals surface area contributed by atoms with E-state index in [1.807, 2.05) is 31.2 Å². The molecule has 2 rings (SSSR count). The standard InChI is InChI=1S/C15H19F2NO3/c1-11-9-21-13-5-3-2-4-12(13)8-18(11)15(19)6-7-20-10-14(16)17/h2-5,11,14H,6-10H2,1H3/t11-/m0/s1. The molecule has 0 spiro atoms. The zero-order chi connectivity index (χ0) is 15.2. The summed E-state index contributed by atoms with van der Waals surface area (Å²) in [5.74, 6) is 0.672. The van der Waals surface area contributed by atoms with Crippen LogP contribution in [0.5, 0.6) is 5.75 Å². The number of carbonyl (C=O) groups is 1. The van der Waals surface area contributed by atoms with Crippen LogP contribution in [0.2, 0.25) is 0 Å². The molecule has 0 saturated heterocycles. The smallest absolute Gasteiger partial charge is 0.261 e. The molecule has 0 aromatic heterocycles. The van der Waals surface area contributed by atoms with Gasteiger partial charge in [0.15, 0.2) is 0 Å². The van der Waals surface area contributed by atoms with Crippen LogP contribution >= 0.6 is 0 Å². The maximum atomic E-state index is 12.2. The molecule has 0 unspecified atom stereocenters. The molecule has 116 valence electrons. The summed E-state index contributed by atoms with van der Waals surface area (Å²) in [6.07, 6.45) is -2.41. The second kappa shape index (κ2) is 7.36. The third kappa shape index (κ3) is 4.39. The zero-order valence-electron chi connectivity index (χ0n) is 11.9. The molecule has 0 bridgehead atoms. The van der Waals surface area contributed by atoms with Crippen molar-refractivity contribution in [2.75, 3.05) is 19.8 Å². The van der Waals surface area contributed by atoms with Crippen molar-refractivity contribution in [3.05, 3.63) is 29.8 Å². The molecule has 0 N–H and O–H groups in total. The van der Waals surface area contributed by atoms with Crippen LogP contribution in [0.25, 0.3) is 0 Å². The second-order valence-electron chi connectivity index (χ2n) is 5.01. The van der Waals surface area contributed by atoms with E-state index in [1.54, 1.807) is 4.90 Å². The molecule has 1 heterocycles. The minimum Gasteiger partial charge on any atom is -0.491 e. The number of hydrogen-bond donors (Lipinski definition) is 0. The van der Waals surface area contributed by atoms with E-state index in [9.17, 15) is 13.6 Å². The third-order valence-corrected chi connectivity index (χ3v) is 3.35. The topological polar surface area (TPSA) is 38.8 Å². The fraction of sp³-hybridized carbons (Fsp3) is 0.533. The van der Waals surface area contributed by atoms with Crippen LogP contribution in [0.3, 0.4) is 0 Å². The van der Waals surface area contributed by atoms with Gasteiger partial charge in [0.1, 0.15) is 19.0 Å². The van der Waals surface area contributed by atoms with Crippen molar-refractivity contribution in [2.45, 2.75) is 32.4 Å². The van der Waals surface area contributed by atoms with E-state index in [4.69, 9.17) is 9.47 Å². The van der Waals surface area contributed by atoms with E-state index in [-0.39, 0.29) is 25.0 Å². The number of ether oxygens (including phenoxy) is 2. The number of carbonyl (C=O) groups excluding carboxylic acids is 1. The van der Waals surface area contributed by atoms with Gasteiger partial charge >= 0.3 is 0 Å². The SMILES string of the molecule is C[C@H]1COc2ccccc2CN1C(=O)CCOCC(F)F. The van der Waals surface area contributed by atoms with Crippen LogP contribution in [-0.2, 0) is 16.1 Å². The first-order chi connectivity index (χ1) is 10.1. The molecule has 1 aromatic rings. The van der Waals surface area contributed by atoms with Crippen molar-refractivity contribution in [2.24, 2.45) is 0 Å². The number of amides is 1. The highest BCUT2D eigenvalue weighted by Crippen LogP contribution is 2.25. The lowest BCUT2D eigenvalue weighted by atomic mass is 10.1. The molecule has 6 heteroatoms. The molecular formula is C15H19F2NO3. The minimum absolute atomic E-state index is 0.00883. The van der Waals surface area contributed by atoms with E-state index < -0.39 is 13.0 Å². The Morgan fingerprint density at radius 2 is 2.24 bits per heavy atom. The van der Waals surface area contributed by atoms with Gasteiger partial charge < -0.3 is 14.4 Å². The van der Waals surface area contributed by atoms with Crippen LogP contribution in [0.15, 0.2) is 24.3 Å². The first-order valence-electron chi connectivity index (χ1n) is 6.94. The molecule has 0 fully saturated rings. The molecule has 0 radical (unpaired) electrons. The van der Waals surface area contributed by atoms with Gasteiger partial charge in [-0.05, 0) is 13.0 Å². The van der Waals surface area contributed by atoms with Crippen molar-refractivity contribution in [3.63, 3.8) is 0 Å². The zero-order valence-corrected chi connectivity index (χ0v) is 11.9. The molecule has 1 aliphatic heterocycles. The largest absolute Gasteiger partial charge is 0.491 e. The van der Waals surface area contributed by atoms with Crippen LogP contribution in [-0.4, -0.2) is 43.1 Å². The summed E-state index contributed by atoms with van der Waals surface area (Å²) in [5, 5.41) is 0. The molecule has 1 atom stereocenters. The summed E-state index contributed by atoms with van der Waals surface area (Å²) in [7, 11) is 0. The van der Waals surface area contributed by atoms with E-state index in [0.717, 1.165) is 11.3 Å². The van der Waals surface area contributed by atoms with E-state index in [2.05, 4.69) is 0 Å². The Kier molecular flexibility index (Phi) is 5.50. The molecule has 1 aromatic carbocycles. The lowest BCUT2D eigenvalue weighted by Gasteiger charge is -2.26. The first-order valence-corrected chi connectivity index (χ1v) is 6.94. The van der Waals surface area contributed by atoms with Crippen LogP contribution < -0.4 is 4.74 Å². The van der Waals surface area contributed by atoms with E-state index >= 15 is 0 Å². The lowest BCUT2D eigenvalue weighted by molar-refractivity contribution is -0.135. The minimum atomic E-state index is -2.50. The summed E-state index contributed by atoms with van der Waals surface area (Å²) < 4.78 is 34.4. The predicted octanol–water partition coefficient (Wildman–Crippen LogP) is 2.47. The van der Waals surface area contributed by atoms with Gasteiger partial charge in [-0.1, -0.05) is 18.2 Å². The average molecular weight is 299 g/mol. The molecule has 1 amide bonds. The van der Waals surface area contributed by atoms with Crippen LogP contribution in [0.1, 0.15) is 18.9 Å². The summed E-state index contributed by atoms with van der Waals surface area (Å²) in [5.41, 5.74) is 0.948. The Labute approximate surface area is 122 Å². The highest BCUT2D eigenvalue weighted by Gasteiger charge is 2.25. The normalized spacial score (nSPS) is 18.1. The molecule has 4 nitrogen and oxygen atoms in total. The maximum absolute atomic E-state index is 12.2. The van der Waals surface area contributed by atoms with Gasteiger partial charge in [-0.3, -0.25) is 4.79 Å². The summed E-state index contributed by atoms with van der Waals surface area (Å²) >= 11 is 0. The van der Waals surface area contributed by atoms with E-state index in [1.165, 1.54) is 0 Å². The Bertz CT molecular complexity index is 482. The van der Waals surface area contributed by atoms with Gasteiger partial charge in [0, 0.05) is 12.1 Å². The monoisotopic (exact) mass is 299 g/mol. The fourth-order valence-corrected chi connectivity index (χ4v) is 2.22. The van der Waals surface area contributed by atoms with Crippen molar-refractivity contribution >= 4 is 5.91 Å². The number of halogens is 2. The number of benzene rings is 1. The van der Waals surface area contributed by atoms with E-state index in [0.29, 0.717) is 13.2 Å². The molecule has 1 aliphatic rings. The van der Waals surface area contributed by atoms with Gasteiger partial charge in [0.05, 0.1) is 19.1 Å². The number of para-hydroxylation sites is 1. The summed E-state index contributed by atoms with van der Waals surface area (Å²) in [4.78, 5) is 13.9. The molecule has 21 heavy (non-hydrogen) atoms.